The largest absolute Gasteiger partial charge is 0.462 e. The van der Waals surface area contributed by atoms with Crippen LogP contribution in [0.2, 0.25) is 0 Å². The van der Waals surface area contributed by atoms with Crippen LogP contribution < -0.4 is 16.0 Å². The van der Waals surface area contributed by atoms with Crippen molar-refractivity contribution < 1.29 is 52.8 Å². The van der Waals surface area contributed by atoms with Gasteiger partial charge in [0, 0.05) is 37.5 Å². The molecule has 0 saturated carbocycles. The van der Waals surface area contributed by atoms with Crippen LogP contribution in [0.25, 0.3) is 0 Å². The number of piperidine rings is 1. The lowest BCUT2D eigenvalue weighted by molar-refractivity contribution is -0.160. The summed E-state index contributed by atoms with van der Waals surface area (Å²) >= 11 is 0. The Bertz CT molecular complexity index is 1680. The molecule has 5 aliphatic rings. The van der Waals surface area contributed by atoms with Crippen molar-refractivity contribution in [3.8, 4) is 0 Å². The second-order valence-electron chi connectivity index (χ2n) is 14.8. The average Bonchev–Trinajstić information content (AvgIpc) is 3.37. The number of aliphatic hydroxyl groups is 1. The third-order valence-corrected chi connectivity index (χ3v) is 10.8. The maximum Gasteiger partial charge on any atom is 0.407 e. The van der Waals surface area contributed by atoms with E-state index in [-0.39, 0.29) is 92.0 Å². The van der Waals surface area contributed by atoms with Crippen LogP contribution in [0.3, 0.4) is 0 Å². The molecule has 5 amide bonds. The molecule has 3 aliphatic heterocycles. The summed E-state index contributed by atoms with van der Waals surface area (Å²) in [5, 5.41) is 18.2. The molecule has 54 heavy (non-hydrogen) atoms. The quantitative estimate of drug-likeness (QED) is 0.116. The van der Waals surface area contributed by atoms with Gasteiger partial charge in [0.25, 0.3) is 11.8 Å². The van der Waals surface area contributed by atoms with E-state index in [1.807, 2.05) is 0 Å². The molecule has 15 heteroatoms. The van der Waals surface area contributed by atoms with Crippen LogP contribution >= 0.6 is 0 Å². The molecule has 1 aromatic carbocycles. The van der Waals surface area contributed by atoms with Gasteiger partial charge >= 0.3 is 12.1 Å². The zero-order valence-electron chi connectivity index (χ0n) is 30.8. The first kappa shape index (κ1) is 39.1. The molecule has 8 atom stereocenters. The zero-order valence-corrected chi connectivity index (χ0v) is 30.8. The molecule has 2 aliphatic carbocycles. The van der Waals surface area contributed by atoms with Gasteiger partial charge in [-0.05, 0) is 61.1 Å². The molecule has 2 saturated heterocycles. The molecular formula is C39H50N4O11. The summed E-state index contributed by atoms with van der Waals surface area (Å²) in [6.07, 6.45) is 7.56. The van der Waals surface area contributed by atoms with Gasteiger partial charge in [-0.1, -0.05) is 38.1 Å². The normalized spacial score (nSPS) is 29.2. The smallest absolute Gasteiger partial charge is 0.407 e. The first-order chi connectivity index (χ1) is 26.0. The third kappa shape index (κ3) is 9.19. The van der Waals surface area contributed by atoms with Crippen molar-refractivity contribution in [1.29, 1.82) is 0 Å². The van der Waals surface area contributed by atoms with Crippen LogP contribution in [0, 0.1) is 23.7 Å². The second-order valence-corrected chi connectivity index (χ2v) is 14.8. The number of carbonyl (C=O) groups is 6. The van der Waals surface area contributed by atoms with E-state index in [9.17, 15) is 33.9 Å². The minimum Gasteiger partial charge on any atom is -0.462 e. The number of ether oxygens (including phenoxy) is 4. The number of hydrogen-bond acceptors (Lipinski definition) is 12. The van der Waals surface area contributed by atoms with E-state index < -0.39 is 41.9 Å². The summed E-state index contributed by atoms with van der Waals surface area (Å²) < 4.78 is 22.8. The van der Waals surface area contributed by atoms with Gasteiger partial charge < -0.3 is 34.7 Å². The van der Waals surface area contributed by atoms with Crippen molar-refractivity contribution >= 4 is 41.4 Å². The summed E-state index contributed by atoms with van der Waals surface area (Å²) in [5.41, 5.74) is 2.00. The lowest BCUT2D eigenvalue weighted by Gasteiger charge is -2.43. The number of imide groups is 2. The number of hydrogen-bond donors (Lipinski definition) is 4. The number of aliphatic hydroxyl groups excluding tert-OH is 1. The van der Waals surface area contributed by atoms with E-state index in [0.29, 0.717) is 44.7 Å². The standard InChI is InChI=1S/C39H50N4O11/c1-22-18-24-7-6-23(2)27(9-8-26-20-25(44)21-33(46)53-26)34(24)31(19-22)54-39(50)41-13-15-52-17-16-51-14-12-40-29-5-3-4-28-35(29)38(49)43(37(28)48)30-10-11-32(45)42-36(30)47/h3-7,18,22-23,25-27,30-31,34,40,44H,8-17,19-21H2,1-2H3,(H,41,50)(H,42,45,47). The van der Waals surface area contributed by atoms with Crippen LogP contribution in [-0.2, 0) is 33.3 Å². The van der Waals surface area contributed by atoms with Crippen LogP contribution in [0.1, 0.15) is 79.5 Å². The average molecular weight is 751 g/mol. The second kappa shape index (κ2) is 17.7. The number of cyclic esters (lactones) is 1. The van der Waals surface area contributed by atoms with E-state index in [1.165, 1.54) is 11.6 Å². The summed E-state index contributed by atoms with van der Waals surface area (Å²) in [5.74, 6) is -1.88. The van der Waals surface area contributed by atoms with Crippen molar-refractivity contribution in [2.24, 2.45) is 23.7 Å². The van der Waals surface area contributed by atoms with Crippen molar-refractivity contribution in [2.75, 3.05) is 44.8 Å². The number of carbonyl (C=O) groups excluding carboxylic acids is 6. The Morgan fingerprint density at radius 3 is 2.54 bits per heavy atom. The van der Waals surface area contributed by atoms with Gasteiger partial charge in [-0.3, -0.25) is 34.2 Å². The number of alkyl carbamates (subject to hydrolysis) is 1. The Labute approximate surface area is 314 Å². The van der Waals surface area contributed by atoms with Gasteiger partial charge in [-0.25, -0.2) is 4.79 Å². The summed E-state index contributed by atoms with van der Waals surface area (Å²) in [7, 11) is 0. The Morgan fingerprint density at radius 2 is 1.78 bits per heavy atom. The fourth-order valence-corrected chi connectivity index (χ4v) is 8.28. The molecule has 0 radical (unpaired) electrons. The molecule has 8 unspecified atom stereocenters. The Balaban J connectivity index is 0.878. The molecule has 2 fully saturated rings. The van der Waals surface area contributed by atoms with E-state index in [0.717, 1.165) is 11.3 Å². The highest BCUT2D eigenvalue weighted by Gasteiger charge is 2.46. The number of esters is 1. The molecule has 15 nitrogen and oxygen atoms in total. The van der Waals surface area contributed by atoms with E-state index >= 15 is 0 Å². The fourth-order valence-electron chi connectivity index (χ4n) is 8.28. The van der Waals surface area contributed by atoms with E-state index in [1.54, 1.807) is 12.1 Å². The molecule has 0 spiro atoms. The highest BCUT2D eigenvalue weighted by Crippen LogP contribution is 2.45. The number of benzene rings is 1. The molecule has 292 valence electrons. The van der Waals surface area contributed by atoms with Gasteiger partial charge in [0.2, 0.25) is 11.8 Å². The van der Waals surface area contributed by atoms with Crippen molar-refractivity contribution in [3.63, 3.8) is 0 Å². The van der Waals surface area contributed by atoms with E-state index in [2.05, 4.69) is 48.0 Å². The zero-order chi connectivity index (χ0) is 38.4. The van der Waals surface area contributed by atoms with E-state index in [4.69, 9.17) is 18.9 Å². The number of nitrogens with one attached hydrogen (secondary N) is 3. The number of nitrogens with zero attached hydrogens (tertiary/aromatic N) is 1. The molecule has 1 aromatic rings. The van der Waals surface area contributed by atoms with Crippen molar-refractivity contribution in [2.45, 2.75) is 83.1 Å². The Morgan fingerprint density at radius 1 is 1.00 bits per heavy atom. The molecule has 0 bridgehead atoms. The van der Waals surface area contributed by atoms with Gasteiger partial charge in [0.15, 0.2) is 0 Å². The Kier molecular flexibility index (Phi) is 12.8. The maximum atomic E-state index is 13.2. The van der Waals surface area contributed by atoms with Crippen molar-refractivity contribution in [3.05, 3.63) is 53.1 Å². The van der Waals surface area contributed by atoms with Crippen molar-refractivity contribution in [1.82, 2.24) is 15.5 Å². The first-order valence-electron chi connectivity index (χ1n) is 19.0. The van der Waals surface area contributed by atoms with Crippen LogP contribution in [-0.4, -0.2) is 110 Å². The summed E-state index contributed by atoms with van der Waals surface area (Å²) in [6, 6.07) is 3.84. The van der Waals surface area contributed by atoms with Gasteiger partial charge in [0.05, 0.1) is 50.1 Å². The molecule has 4 N–H and O–H groups in total. The van der Waals surface area contributed by atoms with Gasteiger partial charge in [-0.2, -0.15) is 0 Å². The highest BCUT2D eigenvalue weighted by molar-refractivity contribution is 6.25. The summed E-state index contributed by atoms with van der Waals surface area (Å²) in [4.78, 5) is 75.9. The maximum absolute atomic E-state index is 13.2. The Hall–Kier alpha value is -4.60. The van der Waals surface area contributed by atoms with Gasteiger partial charge in [0.1, 0.15) is 18.2 Å². The molecule has 0 aromatic heterocycles. The minimum atomic E-state index is -1.03. The van der Waals surface area contributed by atoms with Crippen LogP contribution in [0.15, 0.2) is 42.0 Å². The molecule has 6 rings (SSSR count). The lowest BCUT2D eigenvalue weighted by atomic mass is 9.65. The number of fused-ring (bicyclic) bond motifs is 2. The summed E-state index contributed by atoms with van der Waals surface area (Å²) in [6.45, 7) is 6.01. The predicted octanol–water partition coefficient (Wildman–Crippen LogP) is 2.88. The van der Waals surface area contributed by atoms with Gasteiger partial charge in [-0.15, -0.1) is 0 Å². The molecular weight excluding hydrogens is 700 g/mol. The lowest BCUT2D eigenvalue weighted by Crippen LogP contribution is -2.54. The predicted molar refractivity (Wildman–Crippen MR) is 193 cm³/mol. The number of rotatable bonds is 15. The number of allylic oxidation sites excluding steroid dienone is 3. The highest BCUT2D eigenvalue weighted by atomic mass is 16.6. The number of anilines is 1. The first-order valence-corrected chi connectivity index (χ1v) is 19.0. The number of amides is 5. The third-order valence-electron chi connectivity index (χ3n) is 10.8. The fraction of sp³-hybridized carbons (Fsp3) is 0.590. The topological polar surface area (TPSA) is 199 Å². The SMILES string of the molecule is CC1C=C2C=CC(C)C(CCC3CC(O)CC(=O)O3)C2C(OC(=O)NCCOCCOCCNc2cccc3c2C(=O)N(C2CCC(=O)NC2=O)C3=O)C1. The van der Waals surface area contributed by atoms with Crippen LogP contribution in [0.5, 0.6) is 0 Å². The monoisotopic (exact) mass is 750 g/mol. The minimum absolute atomic E-state index is 0.0253. The van der Waals surface area contributed by atoms with Crippen LogP contribution in [0.4, 0.5) is 10.5 Å². The molecule has 3 heterocycles.